The zero-order chi connectivity index (χ0) is 25.7. The van der Waals surface area contributed by atoms with E-state index in [2.05, 4.69) is 27.2 Å². The van der Waals surface area contributed by atoms with Crippen molar-refractivity contribution < 1.29 is 28.4 Å². The molecule has 36 heavy (non-hydrogen) atoms. The van der Waals surface area contributed by atoms with Crippen LogP contribution < -0.4 is 20.1 Å². The first kappa shape index (κ1) is 25.6. The topological polar surface area (TPSA) is 146 Å². The van der Waals surface area contributed by atoms with Gasteiger partial charge in [0.2, 0.25) is 11.9 Å². The van der Waals surface area contributed by atoms with Crippen LogP contribution in [0.2, 0.25) is 5.02 Å². The van der Waals surface area contributed by atoms with Gasteiger partial charge in [0.05, 0.1) is 35.8 Å². The number of halogens is 1. The molecule has 1 amide bonds. The Morgan fingerprint density at radius 3 is 2.69 bits per heavy atom. The molecule has 4 rings (SSSR count). The highest BCUT2D eigenvalue weighted by molar-refractivity contribution is 7.46. The number of carbonyl (C=O) groups excluding carboxylic acids is 1. The van der Waals surface area contributed by atoms with Crippen molar-refractivity contribution in [1.82, 2.24) is 9.97 Å². The second kappa shape index (κ2) is 11.1. The van der Waals surface area contributed by atoms with E-state index in [0.717, 1.165) is 0 Å². The molecule has 0 aliphatic carbocycles. The molecule has 3 aromatic rings. The van der Waals surface area contributed by atoms with Gasteiger partial charge < -0.3 is 24.8 Å². The summed E-state index contributed by atoms with van der Waals surface area (Å²) in [5, 5.41) is 6.10. The Balaban J connectivity index is 1.63. The molecular weight excluding hydrogens is 509 g/mol. The average molecular weight is 532 g/mol. The molecule has 11 nitrogen and oxygen atoms in total. The lowest BCUT2D eigenvalue weighted by Gasteiger charge is -2.30. The van der Waals surface area contributed by atoms with Crippen molar-refractivity contribution in [2.24, 2.45) is 0 Å². The number of aromatic nitrogens is 2. The van der Waals surface area contributed by atoms with Gasteiger partial charge in [-0.15, -0.1) is 0 Å². The SMILES string of the molecule is C=CC(=O)Nc1cccc(-c2nc(Nc3ccc(OP(=O)(O)O)c(N4CCOCC4)c3)ncc2Cl)c1. The third-order valence-corrected chi connectivity index (χ3v) is 5.83. The van der Waals surface area contributed by atoms with Gasteiger partial charge in [-0.2, -0.15) is 0 Å². The lowest BCUT2D eigenvalue weighted by Crippen LogP contribution is -2.36. The second-order valence-electron chi connectivity index (χ2n) is 7.65. The van der Waals surface area contributed by atoms with Gasteiger partial charge in [-0.3, -0.25) is 14.6 Å². The number of nitrogens with zero attached hydrogens (tertiary/aromatic N) is 3. The maximum atomic E-state index is 11.6. The van der Waals surface area contributed by atoms with E-state index in [0.29, 0.717) is 59.6 Å². The minimum atomic E-state index is -4.76. The summed E-state index contributed by atoms with van der Waals surface area (Å²) in [5.74, 6) is -0.0519. The number of ether oxygens (including phenoxy) is 1. The van der Waals surface area contributed by atoms with E-state index in [-0.39, 0.29) is 17.6 Å². The van der Waals surface area contributed by atoms with Gasteiger partial charge in [0, 0.05) is 30.0 Å². The molecule has 0 unspecified atom stereocenters. The normalized spacial score (nSPS) is 13.7. The zero-order valence-corrected chi connectivity index (χ0v) is 20.6. The number of anilines is 4. The summed E-state index contributed by atoms with van der Waals surface area (Å²) in [6.07, 6.45) is 2.63. The van der Waals surface area contributed by atoms with E-state index >= 15 is 0 Å². The Morgan fingerprint density at radius 2 is 1.97 bits per heavy atom. The van der Waals surface area contributed by atoms with Crippen molar-refractivity contribution in [3.8, 4) is 17.0 Å². The number of hydrogen-bond donors (Lipinski definition) is 4. The van der Waals surface area contributed by atoms with Crippen LogP contribution in [0.15, 0.2) is 61.3 Å². The lowest BCUT2D eigenvalue weighted by molar-refractivity contribution is -0.111. The van der Waals surface area contributed by atoms with Crippen LogP contribution in [0.1, 0.15) is 0 Å². The molecule has 1 aromatic heterocycles. The second-order valence-corrected chi connectivity index (χ2v) is 9.22. The molecule has 13 heteroatoms. The molecule has 0 atom stereocenters. The van der Waals surface area contributed by atoms with Crippen molar-refractivity contribution in [1.29, 1.82) is 0 Å². The largest absolute Gasteiger partial charge is 0.524 e. The lowest BCUT2D eigenvalue weighted by atomic mass is 10.1. The third-order valence-electron chi connectivity index (χ3n) is 5.12. The van der Waals surface area contributed by atoms with Gasteiger partial charge in [-0.1, -0.05) is 30.3 Å². The van der Waals surface area contributed by atoms with Crippen molar-refractivity contribution >= 4 is 48.3 Å². The van der Waals surface area contributed by atoms with E-state index in [1.165, 1.54) is 18.3 Å². The molecule has 1 saturated heterocycles. The van der Waals surface area contributed by atoms with E-state index < -0.39 is 7.82 Å². The summed E-state index contributed by atoms with van der Waals surface area (Å²) in [4.78, 5) is 41.0. The molecule has 1 aliphatic rings. The summed E-state index contributed by atoms with van der Waals surface area (Å²) in [6, 6.07) is 11.8. The van der Waals surface area contributed by atoms with Crippen LogP contribution in [0.25, 0.3) is 11.3 Å². The Hall–Kier alpha value is -3.47. The first-order valence-electron chi connectivity index (χ1n) is 10.8. The summed E-state index contributed by atoms with van der Waals surface area (Å²) >= 11 is 6.36. The standard InChI is InChI=1S/C23H23ClN5O6P/c1-2-21(30)26-16-5-3-4-15(12-16)22-18(24)14-25-23(28-22)27-17-6-7-20(35-36(31,32)33)19(13-17)29-8-10-34-11-9-29/h2-7,12-14H,1,8-11H2,(H,26,30)(H,25,27,28)(H2,31,32,33). The van der Waals surface area contributed by atoms with Gasteiger partial charge in [0.1, 0.15) is 0 Å². The molecule has 1 aliphatic heterocycles. The number of hydrogen-bond acceptors (Lipinski definition) is 8. The van der Waals surface area contributed by atoms with Crippen LogP contribution in [-0.4, -0.2) is 52.0 Å². The molecule has 0 spiro atoms. The van der Waals surface area contributed by atoms with Crippen LogP contribution in [0.5, 0.6) is 5.75 Å². The molecule has 0 radical (unpaired) electrons. The summed E-state index contributed by atoms with van der Waals surface area (Å²) in [6.45, 7) is 5.45. The van der Waals surface area contributed by atoms with Crippen LogP contribution in [0, 0.1) is 0 Å². The number of benzene rings is 2. The molecule has 0 saturated carbocycles. The number of rotatable bonds is 8. The van der Waals surface area contributed by atoms with Gasteiger partial charge in [-0.25, -0.2) is 14.5 Å². The summed E-state index contributed by atoms with van der Waals surface area (Å²) in [5.41, 5.74) is 2.71. The van der Waals surface area contributed by atoms with E-state index in [9.17, 15) is 19.1 Å². The summed E-state index contributed by atoms with van der Waals surface area (Å²) in [7, 11) is -4.76. The van der Waals surface area contributed by atoms with Crippen LogP contribution in [-0.2, 0) is 14.1 Å². The van der Waals surface area contributed by atoms with Gasteiger partial charge in [0.25, 0.3) is 0 Å². The molecule has 1 fully saturated rings. The highest BCUT2D eigenvalue weighted by Crippen LogP contribution is 2.43. The number of nitrogens with one attached hydrogen (secondary N) is 2. The van der Waals surface area contributed by atoms with Crippen LogP contribution in [0.3, 0.4) is 0 Å². The number of carbonyl (C=O) groups is 1. The first-order valence-corrected chi connectivity index (χ1v) is 12.7. The minimum Gasteiger partial charge on any atom is -0.402 e. The van der Waals surface area contributed by atoms with Gasteiger partial charge in [0.15, 0.2) is 5.75 Å². The number of morpholine rings is 1. The van der Waals surface area contributed by atoms with Crippen LogP contribution >= 0.6 is 19.4 Å². The fraction of sp³-hybridized carbons (Fsp3) is 0.174. The molecule has 2 heterocycles. The minimum absolute atomic E-state index is 0.0480. The maximum Gasteiger partial charge on any atom is 0.524 e. The number of phosphoric ester groups is 1. The fourth-order valence-electron chi connectivity index (χ4n) is 3.55. The number of phosphoric acid groups is 1. The molecular formula is C23H23ClN5O6P. The van der Waals surface area contributed by atoms with E-state index in [1.807, 2.05) is 4.90 Å². The van der Waals surface area contributed by atoms with Crippen molar-refractivity contribution in [2.75, 3.05) is 41.8 Å². The number of amides is 1. The van der Waals surface area contributed by atoms with Crippen molar-refractivity contribution in [3.05, 3.63) is 66.3 Å². The molecule has 188 valence electrons. The first-order chi connectivity index (χ1) is 17.2. The smallest absolute Gasteiger partial charge is 0.402 e. The Bertz CT molecular complexity index is 1330. The van der Waals surface area contributed by atoms with Gasteiger partial charge >= 0.3 is 7.82 Å². The highest BCUT2D eigenvalue weighted by Gasteiger charge is 2.23. The molecule has 0 bridgehead atoms. The Morgan fingerprint density at radius 1 is 1.19 bits per heavy atom. The molecule has 2 aromatic carbocycles. The quantitative estimate of drug-likeness (QED) is 0.249. The Labute approximate surface area is 212 Å². The monoisotopic (exact) mass is 531 g/mol. The van der Waals surface area contributed by atoms with Crippen molar-refractivity contribution in [2.45, 2.75) is 0 Å². The average Bonchev–Trinajstić information content (AvgIpc) is 2.86. The predicted molar refractivity (Wildman–Crippen MR) is 137 cm³/mol. The van der Waals surface area contributed by atoms with Crippen LogP contribution in [0.4, 0.5) is 23.0 Å². The summed E-state index contributed by atoms with van der Waals surface area (Å²) < 4.78 is 21.7. The Kier molecular flexibility index (Phi) is 7.88. The van der Waals surface area contributed by atoms with Crippen molar-refractivity contribution in [3.63, 3.8) is 0 Å². The third kappa shape index (κ3) is 6.60. The highest BCUT2D eigenvalue weighted by atomic mass is 35.5. The maximum absolute atomic E-state index is 11.6. The van der Waals surface area contributed by atoms with Gasteiger partial charge in [-0.05, 0) is 36.4 Å². The fourth-order valence-corrected chi connectivity index (χ4v) is 4.16. The predicted octanol–water partition coefficient (Wildman–Crippen LogP) is 3.97. The van der Waals surface area contributed by atoms with E-state index in [1.54, 1.807) is 36.4 Å². The molecule has 4 N–H and O–H groups in total. The van der Waals surface area contributed by atoms with E-state index in [4.69, 9.17) is 20.9 Å². The zero-order valence-electron chi connectivity index (χ0n) is 18.9.